The van der Waals surface area contributed by atoms with Crippen molar-refractivity contribution in [3.05, 3.63) is 40.5 Å². The van der Waals surface area contributed by atoms with E-state index < -0.39 is 43.3 Å². The molecule has 1 aromatic carbocycles. The summed E-state index contributed by atoms with van der Waals surface area (Å²) in [5, 5.41) is 12.0. The number of amides is 2. The van der Waals surface area contributed by atoms with E-state index in [9.17, 15) is 18.4 Å². The zero-order valence-electron chi connectivity index (χ0n) is 13.4. The molecule has 134 valence electrons. The molecule has 0 unspecified atom stereocenters. The van der Waals surface area contributed by atoms with Crippen molar-refractivity contribution in [3.8, 4) is 6.07 Å². The van der Waals surface area contributed by atoms with Gasteiger partial charge in [0, 0.05) is 22.5 Å². The third-order valence-corrected chi connectivity index (χ3v) is 4.58. The van der Waals surface area contributed by atoms with Crippen molar-refractivity contribution in [1.29, 1.82) is 5.26 Å². The minimum absolute atomic E-state index is 0.318. The number of rotatable bonds is 3. The molecule has 1 aromatic heterocycles. The lowest BCUT2D eigenvalue weighted by Gasteiger charge is -2.19. The fourth-order valence-corrected chi connectivity index (χ4v) is 3.22. The number of likely N-dealkylation sites (tertiary alicyclic amines) is 1. The lowest BCUT2D eigenvalue weighted by molar-refractivity contribution is -0.131. The minimum Gasteiger partial charge on any atom is -0.343 e. The standard InChI is InChI=1S/C17H13BrF2N4O2/c18-10-1-2-12-13(3-4-22-14(12)5-10)16(26)23-8-15(25)24-9-17(19,20)6-11(24)7-21/h1-5,11H,6,8-9H2,(H,23,26)/t11-/m0/s1. The molecule has 2 amide bonds. The van der Waals surface area contributed by atoms with E-state index in [0.29, 0.717) is 16.5 Å². The van der Waals surface area contributed by atoms with Gasteiger partial charge in [-0.3, -0.25) is 14.6 Å². The van der Waals surface area contributed by atoms with Gasteiger partial charge in [-0.15, -0.1) is 0 Å². The predicted molar refractivity (Wildman–Crippen MR) is 92.5 cm³/mol. The van der Waals surface area contributed by atoms with Gasteiger partial charge in [0.15, 0.2) is 0 Å². The fraction of sp³-hybridized carbons (Fsp3) is 0.294. The van der Waals surface area contributed by atoms with E-state index in [1.54, 1.807) is 24.3 Å². The molecule has 6 nitrogen and oxygen atoms in total. The molecule has 0 aliphatic carbocycles. The molecule has 0 saturated carbocycles. The highest BCUT2D eigenvalue weighted by molar-refractivity contribution is 9.10. The van der Waals surface area contributed by atoms with E-state index in [4.69, 9.17) is 5.26 Å². The van der Waals surface area contributed by atoms with Gasteiger partial charge < -0.3 is 10.2 Å². The summed E-state index contributed by atoms with van der Waals surface area (Å²) < 4.78 is 27.6. The van der Waals surface area contributed by atoms with Gasteiger partial charge in [0.2, 0.25) is 5.91 Å². The van der Waals surface area contributed by atoms with Crippen molar-refractivity contribution < 1.29 is 18.4 Å². The van der Waals surface area contributed by atoms with Crippen molar-refractivity contribution in [2.75, 3.05) is 13.1 Å². The molecule has 2 heterocycles. The molecule has 1 atom stereocenters. The van der Waals surface area contributed by atoms with Crippen LogP contribution < -0.4 is 5.32 Å². The van der Waals surface area contributed by atoms with E-state index in [1.165, 1.54) is 12.3 Å². The number of benzene rings is 1. The smallest absolute Gasteiger partial charge is 0.268 e. The average Bonchev–Trinajstić information content (AvgIpc) is 2.93. The largest absolute Gasteiger partial charge is 0.343 e. The zero-order valence-corrected chi connectivity index (χ0v) is 15.0. The normalized spacial score (nSPS) is 18.5. The summed E-state index contributed by atoms with van der Waals surface area (Å²) in [5.41, 5.74) is 0.918. The molecule has 9 heteroatoms. The number of carbonyl (C=O) groups excluding carboxylic acids is 2. The third-order valence-electron chi connectivity index (χ3n) is 4.09. The van der Waals surface area contributed by atoms with Crippen LogP contribution in [-0.4, -0.2) is 46.8 Å². The van der Waals surface area contributed by atoms with Crippen molar-refractivity contribution in [1.82, 2.24) is 15.2 Å². The van der Waals surface area contributed by atoms with Crippen molar-refractivity contribution in [2.45, 2.75) is 18.4 Å². The second-order valence-electron chi connectivity index (χ2n) is 5.93. The van der Waals surface area contributed by atoms with E-state index in [2.05, 4.69) is 26.2 Å². The Bertz CT molecular complexity index is 929. The number of carbonyl (C=O) groups is 2. The first-order valence-corrected chi connectivity index (χ1v) is 8.49. The molecular weight excluding hydrogens is 410 g/mol. The molecule has 1 saturated heterocycles. The molecule has 26 heavy (non-hydrogen) atoms. The maximum absolute atomic E-state index is 13.4. The minimum atomic E-state index is -3.09. The quantitative estimate of drug-likeness (QED) is 0.822. The molecule has 1 fully saturated rings. The number of nitrogens with zero attached hydrogens (tertiary/aromatic N) is 3. The molecule has 0 radical (unpaired) electrons. The van der Waals surface area contributed by atoms with Gasteiger partial charge in [0.05, 0.1) is 30.2 Å². The lowest BCUT2D eigenvalue weighted by Crippen LogP contribution is -2.43. The van der Waals surface area contributed by atoms with E-state index in [0.717, 1.165) is 9.37 Å². The van der Waals surface area contributed by atoms with Crippen LogP contribution in [-0.2, 0) is 4.79 Å². The Balaban J connectivity index is 1.72. The Labute approximate surface area is 155 Å². The van der Waals surface area contributed by atoms with Crippen LogP contribution in [0.1, 0.15) is 16.8 Å². The number of aromatic nitrogens is 1. The number of nitrogens with one attached hydrogen (secondary N) is 1. The van der Waals surface area contributed by atoms with Gasteiger partial charge in [-0.2, -0.15) is 5.26 Å². The van der Waals surface area contributed by atoms with Crippen molar-refractivity contribution >= 4 is 38.6 Å². The van der Waals surface area contributed by atoms with Gasteiger partial charge in [0.1, 0.15) is 6.04 Å². The fourth-order valence-electron chi connectivity index (χ4n) is 2.87. The summed E-state index contributed by atoms with van der Waals surface area (Å²) in [5.74, 6) is -4.33. The Morgan fingerprint density at radius 1 is 1.42 bits per heavy atom. The van der Waals surface area contributed by atoms with Gasteiger partial charge in [0.25, 0.3) is 11.8 Å². The summed E-state index contributed by atoms with van der Waals surface area (Å²) in [6.45, 7) is -1.28. The molecule has 0 bridgehead atoms. The molecule has 1 aliphatic rings. The van der Waals surface area contributed by atoms with E-state index >= 15 is 0 Å². The van der Waals surface area contributed by atoms with Crippen LogP contribution in [0.4, 0.5) is 8.78 Å². The molecule has 1 aliphatic heterocycles. The Morgan fingerprint density at radius 2 is 2.19 bits per heavy atom. The Morgan fingerprint density at radius 3 is 2.92 bits per heavy atom. The van der Waals surface area contributed by atoms with Crippen LogP contribution in [0.15, 0.2) is 34.9 Å². The van der Waals surface area contributed by atoms with Crippen LogP contribution in [0.3, 0.4) is 0 Å². The molecular formula is C17H13BrF2N4O2. The Hall–Kier alpha value is -2.60. The SMILES string of the molecule is N#C[C@@H]1CC(F)(F)CN1C(=O)CNC(=O)c1ccnc2cc(Br)ccc12. The highest BCUT2D eigenvalue weighted by atomic mass is 79.9. The van der Waals surface area contributed by atoms with E-state index in [-0.39, 0.29) is 0 Å². The molecule has 0 spiro atoms. The second kappa shape index (κ2) is 6.96. The molecule has 2 aromatic rings. The molecule has 1 N–H and O–H groups in total. The lowest BCUT2D eigenvalue weighted by atomic mass is 10.1. The van der Waals surface area contributed by atoms with Crippen LogP contribution in [0, 0.1) is 11.3 Å². The van der Waals surface area contributed by atoms with Crippen LogP contribution in [0.5, 0.6) is 0 Å². The maximum atomic E-state index is 13.4. The summed E-state index contributed by atoms with van der Waals surface area (Å²) in [7, 11) is 0. The number of hydrogen-bond acceptors (Lipinski definition) is 4. The van der Waals surface area contributed by atoms with Gasteiger partial charge in [-0.05, 0) is 18.2 Å². The average molecular weight is 423 g/mol. The first kappa shape index (κ1) is 18.2. The van der Waals surface area contributed by atoms with Gasteiger partial charge in [-0.1, -0.05) is 22.0 Å². The first-order chi connectivity index (χ1) is 12.3. The number of nitriles is 1. The van der Waals surface area contributed by atoms with E-state index in [1.807, 2.05) is 0 Å². The summed E-state index contributed by atoms with van der Waals surface area (Å²) in [6, 6.07) is 7.25. The van der Waals surface area contributed by atoms with Crippen LogP contribution >= 0.6 is 15.9 Å². The third kappa shape index (κ3) is 3.65. The number of alkyl halides is 2. The predicted octanol–water partition coefficient (Wildman–Crippen LogP) is 2.49. The summed E-state index contributed by atoms with van der Waals surface area (Å²) in [4.78, 5) is 29.5. The number of hydrogen-bond donors (Lipinski definition) is 1. The monoisotopic (exact) mass is 422 g/mol. The topological polar surface area (TPSA) is 86.1 Å². The number of fused-ring (bicyclic) bond motifs is 1. The van der Waals surface area contributed by atoms with Crippen LogP contribution in [0.2, 0.25) is 0 Å². The second-order valence-corrected chi connectivity index (χ2v) is 6.84. The van der Waals surface area contributed by atoms with Crippen molar-refractivity contribution in [2.24, 2.45) is 0 Å². The Kier molecular flexibility index (Phi) is 4.87. The summed E-state index contributed by atoms with van der Waals surface area (Å²) in [6.07, 6.45) is 0.783. The van der Waals surface area contributed by atoms with Gasteiger partial charge >= 0.3 is 0 Å². The van der Waals surface area contributed by atoms with Crippen molar-refractivity contribution in [3.63, 3.8) is 0 Å². The maximum Gasteiger partial charge on any atom is 0.268 e. The first-order valence-electron chi connectivity index (χ1n) is 7.70. The van der Waals surface area contributed by atoms with Crippen LogP contribution in [0.25, 0.3) is 10.9 Å². The highest BCUT2D eigenvalue weighted by Crippen LogP contribution is 2.31. The number of pyridine rings is 1. The number of halogens is 3. The van der Waals surface area contributed by atoms with Gasteiger partial charge in [-0.25, -0.2) is 8.78 Å². The molecule has 3 rings (SSSR count). The highest BCUT2D eigenvalue weighted by Gasteiger charge is 2.47. The zero-order chi connectivity index (χ0) is 18.9. The summed E-state index contributed by atoms with van der Waals surface area (Å²) >= 11 is 3.32.